The Kier molecular flexibility index (Phi) is 5.80. The fourth-order valence-corrected chi connectivity index (χ4v) is 8.83. The average Bonchev–Trinajstić information content (AvgIpc) is 3.51. The van der Waals surface area contributed by atoms with Gasteiger partial charge >= 0.3 is 0 Å². The fourth-order valence-electron chi connectivity index (χ4n) is 8.83. The van der Waals surface area contributed by atoms with Crippen LogP contribution < -0.4 is 9.80 Å². The van der Waals surface area contributed by atoms with Crippen LogP contribution in [0.3, 0.4) is 0 Å². The summed E-state index contributed by atoms with van der Waals surface area (Å²) >= 11 is 0. The molecule has 2 aliphatic heterocycles. The molecule has 0 N–H and O–H groups in total. The summed E-state index contributed by atoms with van der Waals surface area (Å²) in [7, 11) is 0. The number of nitrogens with zero attached hydrogens (tertiary/aromatic N) is 2. The fraction of sp³-hybridized carbons (Fsp3) is 0.368. The normalized spacial score (nSPS) is 24.9. The second-order valence-electron chi connectivity index (χ2n) is 12.8. The Morgan fingerprint density at radius 3 is 1.38 bits per heavy atom. The van der Waals surface area contributed by atoms with Crippen molar-refractivity contribution in [1.82, 2.24) is 0 Å². The van der Waals surface area contributed by atoms with Gasteiger partial charge in [-0.25, -0.2) is 0 Å². The molecule has 0 spiro atoms. The number of anilines is 4. The van der Waals surface area contributed by atoms with Gasteiger partial charge in [0.15, 0.2) is 0 Å². The van der Waals surface area contributed by atoms with E-state index in [9.17, 15) is 0 Å². The minimum absolute atomic E-state index is 0.601. The van der Waals surface area contributed by atoms with Gasteiger partial charge in [0.05, 0.1) is 0 Å². The van der Waals surface area contributed by atoms with Crippen LogP contribution in [0.25, 0.3) is 11.1 Å². The van der Waals surface area contributed by atoms with E-state index < -0.39 is 0 Å². The van der Waals surface area contributed by atoms with Crippen molar-refractivity contribution in [3.05, 3.63) is 107 Å². The molecule has 4 atom stereocenters. The summed E-state index contributed by atoms with van der Waals surface area (Å²) in [6.07, 6.45) is 10.6. The monoisotopic (exact) mass is 524 g/mol. The van der Waals surface area contributed by atoms with E-state index in [-0.39, 0.29) is 0 Å². The molecule has 202 valence electrons. The van der Waals surface area contributed by atoms with E-state index in [2.05, 4.69) is 109 Å². The Bertz CT molecular complexity index is 1470. The van der Waals surface area contributed by atoms with E-state index in [0.29, 0.717) is 23.9 Å². The second-order valence-corrected chi connectivity index (χ2v) is 12.8. The third-order valence-electron chi connectivity index (χ3n) is 10.6. The molecule has 2 saturated carbocycles. The van der Waals surface area contributed by atoms with Crippen LogP contribution >= 0.6 is 0 Å². The van der Waals surface area contributed by atoms with Crippen LogP contribution in [0.15, 0.2) is 84.9 Å². The molecule has 2 fully saturated rings. The van der Waals surface area contributed by atoms with Gasteiger partial charge in [0.1, 0.15) is 0 Å². The summed E-state index contributed by atoms with van der Waals surface area (Å²) in [5.41, 5.74) is 14.1. The predicted octanol–water partition coefficient (Wildman–Crippen LogP) is 10.3. The van der Waals surface area contributed by atoms with Gasteiger partial charge in [-0.15, -0.1) is 0 Å². The number of benzene rings is 4. The first-order valence-electron chi connectivity index (χ1n) is 15.7. The van der Waals surface area contributed by atoms with Crippen molar-refractivity contribution in [2.24, 2.45) is 0 Å². The molecular weight excluding hydrogens is 484 g/mol. The summed E-state index contributed by atoms with van der Waals surface area (Å²) in [6, 6.07) is 33.9. The number of para-hydroxylation sites is 2. The van der Waals surface area contributed by atoms with Crippen LogP contribution in [0.1, 0.15) is 85.5 Å². The highest BCUT2D eigenvalue weighted by atomic mass is 15.2. The van der Waals surface area contributed by atoms with Crippen molar-refractivity contribution in [1.29, 1.82) is 0 Å². The summed E-state index contributed by atoms with van der Waals surface area (Å²) in [6.45, 7) is 4.60. The first-order valence-corrected chi connectivity index (χ1v) is 15.7. The maximum Gasteiger partial charge on any atom is 0.0449 e. The molecule has 0 bridgehead atoms. The summed E-state index contributed by atoms with van der Waals surface area (Å²) in [4.78, 5) is 5.33. The maximum absolute atomic E-state index is 2.66. The number of aryl methyl sites for hydroxylation is 2. The average molecular weight is 525 g/mol. The van der Waals surface area contributed by atoms with Gasteiger partial charge in [-0.1, -0.05) is 74.2 Å². The van der Waals surface area contributed by atoms with Crippen LogP contribution in [0.5, 0.6) is 0 Å². The van der Waals surface area contributed by atoms with Crippen molar-refractivity contribution in [3.8, 4) is 11.1 Å². The number of hydrogen-bond donors (Lipinski definition) is 0. The van der Waals surface area contributed by atoms with Gasteiger partial charge in [0.2, 0.25) is 0 Å². The molecule has 4 aliphatic rings. The third kappa shape index (κ3) is 3.68. The molecule has 4 aromatic carbocycles. The van der Waals surface area contributed by atoms with E-state index in [1.807, 2.05) is 0 Å². The van der Waals surface area contributed by atoms with Crippen LogP contribution in [-0.4, -0.2) is 12.1 Å². The molecular formula is C38H40N2. The zero-order chi connectivity index (χ0) is 26.8. The van der Waals surface area contributed by atoms with Gasteiger partial charge in [-0.2, -0.15) is 0 Å². The Morgan fingerprint density at radius 1 is 0.500 bits per heavy atom. The molecule has 0 saturated heterocycles. The van der Waals surface area contributed by atoms with Crippen molar-refractivity contribution in [2.45, 2.75) is 89.1 Å². The summed E-state index contributed by atoms with van der Waals surface area (Å²) in [5.74, 6) is 1.36. The predicted molar refractivity (Wildman–Crippen MR) is 169 cm³/mol. The highest BCUT2D eigenvalue weighted by molar-refractivity contribution is 5.80. The zero-order valence-electron chi connectivity index (χ0n) is 23.9. The van der Waals surface area contributed by atoms with E-state index in [1.54, 1.807) is 11.1 Å². The van der Waals surface area contributed by atoms with Crippen molar-refractivity contribution in [2.75, 3.05) is 9.80 Å². The van der Waals surface area contributed by atoms with E-state index in [1.165, 1.54) is 96.4 Å². The second kappa shape index (κ2) is 9.54. The first-order chi connectivity index (χ1) is 19.7. The number of hydrogen-bond acceptors (Lipinski definition) is 2. The summed E-state index contributed by atoms with van der Waals surface area (Å²) in [5, 5.41) is 0. The molecule has 40 heavy (non-hydrogen) atoms. The lowest BCUT2D eigenvalue weighted by atomic mass is 9.82. The lowest BCUT2D eigenvalue weighted by Gasteiger charge is -2.34. The number of rotatable bonds is 3. The Hall–Kier alpha value is -3.52. The van der Waals surface area contributed by atoms with E-state index in [4.69, 9.17) is 0 Å². The lowest BCUT2D eigenvalue weighted by Crippen LogP contribution is -2.32. The molecule has 2 nitrogen and oxygen atoms in total. The Morgan fingerprint density at radius 2 is 0.925 bits per heavy atom. The Balaban J connectivity index is 1.13. The molecule has 0 amide bonds. The summed E-state index contributed by atoms with van der Waals surface area (Å²) < 4.78 is 0. The van der Waals surface area contributed by atoms with Gasteiger partial charge < -0.3 is 9.80 Å². The smallest absolute Gasteiger partial charge is 0.0449 e. The van der Waals surface area contributed by atoms with E-state index in [0.717, 1.165) is 0 Å². The molecule has 4 unspecified atom stereocenters. The largest absolute Gasteiger partial charge is 0.338 e. The first kappa shape index (κ1) is 24.3. The molecule has 0 aromatic heterocycles. The molecule has 8 rings (SSSR count). The zero-order valence-corrected chi connectivity index (χ0v) is 23.9. The minimum atomic E-state index is 0.601. The molecule has 2 heteroatoms. The van der Waals surface area contributed by atoms with Gasteiger partial charge in [-0.3, -0.25) is 0 Å². The Labute approximate surface area is 239 Å². The van der Waals surface area contributed by atoms with Crippen LogP contribution in [-0.2, 0) is 0 Å². The molecule has 4 aromatic rings. The molecule has 0 radical (unpaired) electrons. The van der Waals surface area contributed by atoms with Crippen molar-refractivity contribution in [3.63, 3.8) is 0 Å². The topological polar surface area (TPSA) is 6.48 Å². The van der Waals surface area contributed by atoms with Gasteiger partial charge in [-0.05, 0) is 109 Å². The standard InChI is InChI=1S/C38H40N2/c1-25-23-27(39-35-15-7-3-11-31(35)32-12-4-8-16-36(32)39)19-21-29(25)30-22-20-28(24-26(30)2)40-37-17-9-5-13-33(37)34-14-6-10-18-38(34)40/h3,5,7,9,11,13,15,17,19-24,32,34,36,38H,4,6,8,10,12,14,16,18H2,1-2H3. The van der Waals surface area contributed by atoms with Gasteiger partial charge in [0, 0.05) is 46.7 Å². The van der Waals surface area contributed by atoms with Crippen molar-refractivity contribution < 1.29 is 0 Å². The highest BCUT2D eigenvalue weighted by Crippen LogP contribution is 2.53. The molecule has 2 heterocycles. The van der Waals surface area contributed by atoms with E-state index >= 15 is 0 Å². The van der Waals surface area contributed by atoms with Crippen LogP contribution in [0.4, 0.5) is 22.7 Å². The third-order valence-corrected chi connectivity index (χ3v) is 10.6. The quantitative estimate of drug-likeness (QED) is 0.263. The van der Waals surface area contributed by atoms with Gasteiger partial charge in [0.25, 0.3) is 0 Å². The van der Waals surface area contributed by atoms with Crippen LogP contribution in [0, 0.1) is 13.8 Å². The van der Waals surface area contributed by atoms with Crippen LogP contribution in [0.2, 0.25) is 0 Å². The maximum atomic E-state index is 2.66. The molecule has 2 aliphatic carbocycles. The minimum Gasteiger partial charge on any atom is -0.338 e. The van der Waals surface area contributed by atoms with Crippen molar-refractivity contribution >= 4 is 22.7 Å². The highest BCUT2D eigenvalue weighted by Gasteiger charge is 2.41. The SMILES string of the molecule is Cc1cc(N2c3ccccc3C3CCCCC32)ccc1-c1ccc(N2c3ccccc3C3CCCCC32)cc1C. The number of fused-ring (bicyclic) bond motifs is 6. The lowest BCUT2D eigenvalue weighted by molar-refractivity contribution is 0.402.